The van der Waals surface area contributed by atoms with Gasteiger partial charge in [0, 0.05) is 17.1 Å². The van der Waals surface area contributed by atoms with Crippen molar-refractivity contribution >= 4 is 11.6 Å². The molecule has 3 heteroatoms. The first-order chi connectivity index (χ1) is 4.74. The molecule has 1 radical (unpaired) electrons. The van der Waals surface area contributed by atoms with E-state index in [2.05, 4.69) is 6.07 Å². The molecule has 0 saturated heterocycles. The van der Waals surface area contributed by atoms with Gasteiger partial charge in [-0.15, -0.1) is 0 Å². The lowest BCUT2D eigenvalue weighted by Crippen LogP contribution is -1.99. The first-order valence-corrected chi connectivity index (χ1v) is 3.17. The van der Waals surface area contributed by atoms with Crippen molar-refractivity contribution in [3.63, 3.8) is 0 Å². The molecule has 0 bridgehead atoms. The van der Waals surface area contributed by atoms with Crippen molar-refractivity contribution in [2.24, 2.45) is 5.73 Å². The van der Waals surface area contributed by atoms with E-state index in [9.17, 15) is 4.39 Å². The summed E-state index contributed by atoms with van der Waals surface area (Å²) < 4.78 is 12.7. The van der Waals surface area contributed by atoms with Crippen LogP contribution in [0.5, 0.6) is 0 Å². The number of hydrogen-bond donors (Lipinski definition) is 1. The topological polar surface area (TPSA) is 26.0 Å². The zero-order valence-corrected chi connectivity index (χ0v) is 5.95. The predicted molar refractivity (Wildman–Crippen MR) is 38.1 cm³/mol. The molecule has 53 valence electrons. The average Bonchev–Trinajstić information content (AvgIpc) is 1.88. The summed E-state index contributed by atoms with van der Waals surface area (Å²) in [5.41, 5.74) is 5.55. The van der Waals surface area contributed by atoms with Gasteiger partial charge in [-0.05, 0) is 18.2 Å². The maximum Gasteiger partial charge on any atom is 0.129 e. The Morgan fingerprint density at radius 2 is 2.40 bits per heavy atom. The molecule has 0 heterocycles. The summed E-state index contributed by atoms with van der Waals surface area (Å²) in [6.45, 7) is 0.156. The fourth-order valence-corrected chi connectivity index (χ4v) is 0.782. The molecule has 0 aliphatic heterocycles. The Bertz CT molecular complexity index is 237. The van der Waals surface area contributed by atoms with E-state index in [1.54, 1.807) is 0 Å². The maximum absolute atomic E-state index is 12.7. The van der Waals surface area contributed by atoms with E-state index in [4.69, 9.17) is 17.3 Å². The lowest BCUT2D eigenvalue weighted by atomic mass is 10.2. The van der Waals surface area contributed by atoms with Gasteiger partial charge in [-0.25, -0.2) is 4.39 Å². The standard InChI is InChI=1S/C7H6ClFN/c8-6-2-1-5(4-10)7(9)3-6/h2-3H,4,10H2. The second kappa shape index (κ2) is 2.99. The molecule has 0 unspecified atom stereocenters. The Balaban J connectivity index is 3.07. The first kappa shape index (κ1) is 7.51. The minimum Gasteiger partial charge on any atom is -0.326 e. The fourth-order valence-electron chi connectivity index (χ4n) is 0.631. The van der Waals surface area contributed by atoms with Crippen LogP contribution in [-0.2, 0) is 6.54 Å². The highest BCUT2D eigenvalue weighted by Crippen LogP contribution is 2.12. The maximum atomic E-state index is 12.7. The molecule has 1 aromatic carbocycles. The van der Waals surface area contributed by atoms with Crippen molar-refractivity contribution in [1.82, 2.24) is 0 Å². The Morgan fingerprint density at radius 1 is 1.70 bits per heavy atom. The third-order valence-electron chi connectivity index (χ3n) is 1.14. The van der Waals surface area contributed by atoms with Crippen LogP contribution >= 0.6 is 11.6 Å². The molecule has 1 rings (SSSR count). The largest absolute Gasteiger partial charge is 0.326 e. The minimum absolute atomic E-state index is 0.156. The predicted octanol–water partition coefficient (Wildman–Crippen LogP) is 1.74. The molecule has 0 aromatic heterocycles. The molecule has 0 amide bonds. The molecule has 10 heavy (non-hydrogen) atoms. The smallest absolute Gasteiger partial charge is 0.129 e. The SMILES string of the molecule is NCc1[c]cc(Cl)cc1F. The highest BCUT2D eigenvalue weighted by molar-refractivity contribution is 6.30. The monoisotopic (exact) mass is 158 g/mol. The number of halogens is 2. The van der Waals surface area contributed by atoms with Crippen molar-refractivity contribution in [2.45, 2.75) is 6.54 Å². The Labute approximate surface area is 63.6 Å². The van der Waals surface area contributed by atoms with Crippen LogP contribution in [0.15, 0.2) is 12.1 Å². The second-order valence-electron chi connectivity index (χ2n) is 1.85. The summed E-state index contributed by atoms with van der Waals surface area (Å²) in [5.74, 6) is -0.394. The highest BCUT2D eigenvalue weighted by atomic mass is 35.5. The second-order valence-corrected chi connectivity index (χ2v) is 2.28. The lowest BCUT2D eigenvalue weighted by Gasteiger charge is -1.96. The molecule has 1 nitrogen and oxygen atoms in total. The fraction of sp³-hybridized carbons (Fsp3) is 0.143. The number of rotatable bonds is 1. The quantitative estimate of drug-likeness (QED) is 0.662. The normalized spacial score (nSPS) is 9.90. The van der Waals surface area contributed by atoms with E-state index in [1.165, 1.54) is 12.1 Å². The van der Waals surface area contributed by atoms with Crippen LogP contribution in [0.3, 0.4) is 0 Å². The van der Waals surface area contributed by atoms with E-state index in [1.807, 2.05) is 0 Å². The lowest BCUT2D eigenvalue weighted by molar-refractivity contribution is 0.610. The third-order valence-corrected chi connectivity index (χ3v) is 1.36. The van der Waals surface area contributed by atoms with Crippen molar-refractivity contribution in [1.29, 1.82) is 0 Å². The first-order valence-electron chi connectivity index (χ1n) is 2.79. The van der Waals surface area contributed by atoms with Crippen LogP contribution in [0.2, 0.25) is 5.02 Å². The van der Waals surface area contributed by atoms with E-state index < -0.39 is 5.82 Å². The van der Waals surface area contributed by atoms with Gasteiger partial charge in [0.05, 0.1) is 0 Å². The third kappa shape index (κ3) is 1.46. The zero-order valence-electron chi connectivity index (χ0n) is 5.20. The summed E-state index contributed by atoms with van der Waals surface area (Å²) >= 11 is 5.46. The number of nitrogens with two attached hydrogens (primary N) is 1. The Morgan fingerprint density at radius 3 is 2.90 bits per heavy atom. The van der Waals surface area contributed by atoms with Gasteiger partial charge in [0.1, 0.15) is 5.82 Å². The van der Waals surface area contributed by atoms with Crippen molar-refractivity contribution in [3.05, 3.63) is 34.6 Å². The summed E-state index contributed by atoms with van der Waals surface area (Å²) in [5, 5.41) is 0.342. The molecule has 1 aromatic rings. The van der Waals surface area contributed by atoms with Crippen LogP contribution in [0.25, 0.3) is 0 Å². The van der Waals surface area contributed by atoms with E-state index in [-0.39, 0.29) is 6.54 Å². The average molecular weight is 159 g/mol. The summed E-state index contributed by atoms with van der Waals surface area (Å²) in [6.07, 6.45) is 0. The molecule has 0 saturated carbocycles. The van der Waals surface area contributed by atoms with E-state index in [0.717, 1.165) is 0 Å². The highest BCUT2D eigenvalue weighted by Gasteiger charge is 1.99. The number of benzene rings is 1. The van der Waals surface area contributed by atoms with Crippen molar-refractivity contribution in [2.75, 3.05) is 0 Å². The van der Waals surface area contributed by atoms with Crippen LogP contribution in [0.4, 0.5) is 4.39 Å². The van der Waals surface area contributed by atoms with Gasteiger partial charge in [-0.2, -0.15) is 0 Å². The Hall–Kier alpha value is -0.600. The van der Waals surface area contributed by atoms with Gasteiger partial charge in [0.15, 0.2) is 0 Å². The van der Waals surface area contributed by atoms with E-state index in [0.29, 0.717) is 10.6 Å². The van der Waals surface area contributed by atoms with Crippen molar-refractivity contribution < 1.29 is 4.39 Å². The summed E-state index contributed by atoms with van der Waals surface area (Å²) in [7, 11) is 0. The van der Waals surface area contributed by atoms with Crippen LogP contribution in [-0.4, -0.2) is 0 Å². The van der Waals surface area contributed by atoms with Gasteiger partial charge < -0.3 is 5.73 Å². The van der Waals surface area contributed by atoms with Crippen molar-refractivity contribution in [3.8, 4) is 0 Å². The molecule has 0 fully saturated rings. The zero-order chi connectivity index (χ0) is 7.56. The number of hydrogen-bond acceptors (Lipinski definition) is 1. The van der Waals surface area contributed by atoms with Gasteiger partial charge in [-0.1, -0.05) is 11.6 Å². The van der Waals surface area contributed by atoms with Gasteiger partial charge in [0.2, 0.25) is 0 Å². The van der Waals surface area contributed by atoms with Gasteiger partial charge >= 0.3 is 0 Å². The van der Waals surface area contributed by atoms with Crippen LogP contribution in [0, 0.1) is 11.9 Å². The van der Waals surface area contributed by atoms with Crippen LogP contribution in [0.1, 0.15) is 5.56 Å². The molecule has 2 N–H and O–H groups in total. The molecule has 0 atom stereocenters. The molecular weight excluding hydrogens is 153 g/mol. The molecule has 0 aliphatic carbocycles. The minimum atomic E-state index is -0.394. The van der Waals surface area contributed by atoms with Gasteiger partial charge in [-0.3, -0.25) is 0 Å². The van der Waals surface area contributed by atoms with Crippen LogP contribution < -0.4 is 5.73 Å². The van der Waals surface area contributed by atoms with E-state index >= 15 is 0 Å². The molecule has 0 aliphatic rings. The summed E-state index contributed by atoms with van der Waals surface area (Å²) in [4.78, 5) is 0. The Kier molecular flexibility index (Phi) is 2.25. The summed E-state index contributed by atoms with van der Waals surface area (Å²) in [6, 6.07) is 5.34. The van der Waals surface area contributed by atoms with Gasteiger partial charge in [0.25, 0.3) is 0 Å². The molecule has 0 spiro atoms. The molecular formula is C7H6ClFN.